The summed E-state index contributed by atoms with van der Waals surface area (Å²) in [6.07, 6.45) is 1.42. The molecule has 1 aromatic carbocycles. The third-order valence-electron chi connectivity index (χ3n) is 5.04. The van der Waals surface area contributed by atoms with Gasteiger partial charge in [-0.05, 0) is 25.3 Å². The van der Waals surface area contributed by atoms with Crippen LogP contribution in [0.1, 0.15) is 25.3 Å². The van der Waals surface area contributed by atoms with Crippen LogP contribution < -0.4 is 0 Å². The Hall–Kier alpha value is -2.83. The Balaban J connectivity index is 1.74. The number of imide groups is 1. The van der Waals surface area contributed by atoms with Gasteiger partial charge in [0.25, 0.3) is 0 Å². The van der Waals surface area contributed by atoms with Crippen LogP contribution in [0.3, 0.4) is 0 Å². The van der Waals surface area contributed by atoms with E-state index in [4.69, 9.17) is 9.47 Å². The molecule has 144 valence electrons. The van der Waals surface area contributed by atoms with E-state index in [9.17, 15) is 14.4 Å². The van der Waals surface area contributed by atoms with Crippen molar-refractivity contribution in [2.75, 3.05) is 13.2 Å². The highest BCUT2D eigenvalue weighted by Gasteiger charge is 2.57. The van der Waals surface area contributed by atoms with Crippen LogP contribution in [0.25, 0.3) is 0 Å². The maximum atomic E-state index is 12.8. The van der Waals surface area contributed by atoms with Crippen LogP contribution >= 0.6 is 0 Å². The lowest BCUT2D eigenvalue weighted by Gasteiger charge is -2.26. The van der Waals surface area contributed by atoms with E-state index >= 15 is 0 Å². The first-order chi connectivity index (χ1) is 13.1. The SMILES string of the molecule is C=CC[C@H]1C(=O)N(C(=O)OCC)[C@H]2CCN(C(=O)OCc3ccccc3)[C@H]12. The van der Waals surface area contributed by atoms with E-state index in [1.165, 1.54) is 4.90 Å². The van der Waals surface area contributed by atoms with Crippen molar-refractivity contribution < 1.29 is 23.9 Å². The lowest BCUT2D eigenvalue weighted by Crippen LogP contribution is -2.43. The molecule has 2 saturated heterocycles. The van der Waals surface area contributed by atoms with E-state index < -0.39 is 24.1 Å². The molecule has 3 atom stereocenters. The zero-order chi connectivity index (χ0) is 19.4. The Morgan fingerprint density at radius 2 is 1.96 bits per heavy atom. The smallest absolute Gasteiger partial charge is 0.416 e. The molecule has 0 saturated carbocycles. The van der Waals surface area contributed by atoms with E-state index in [-0.39, 0.29) is 25.2 Å². The fraction of sp³-hybridized carbons (Fsp3) is 0.450. The minimum absolute atomic E-state index is 0.162. The number of rotatable bonds is 5. The first-order valence-electron chi connectivity index (χ1n) is 9.16. The molecule has 27 heavy (non-hydrogen) atoms. The van der Waals surface area contributed by atoms with Crippen LogP contribution in [-0.4, -0.2) is 53.1 Å². The van der Waals surface area contributed by atoms with E-state index in [0.29, 0.717) is 19.4 Å². The van der Waals surface area contributed by atoms with Gasteiger partial charge in [0, 0.05) is 6.54 Å². The number of amides is 3. The zero-order valence-corrected chi connectivity index (χ0v) is 15.4. The monoisotopic (exact) mass is 372 g/mol. The van der Waals surface area contributed by atoms with Crippen LogP contribution in [0.5, 0.6) is 0 Å². The molecule has 7 heteroatoms. The fourth-order valence-corrected chi connectivity index (χ4v) is 3.91. The molecule has 1 aromatic rings. The zero-order valence-electron chi connectivity index (χ0n) is 15.4. The predicted molar refractivity (Wildman–Crippen MR) is 97.7 cm³/mol. The molecule has 3 amide bonds. The van der Waals surface area contributed by atoms with E-state index in [2.05, 4.69) is 6.58 Å². The van der Waals surface area contributed by atoms with Crippen molar-refractivity contribution in [3.63, 3.8) is 0 Å². The molecule has 7 nitrogen and oxygen atoms in total. The highest BCUT2D eigenvalue weighted by molar-refractivity contribution is 5.97. The average Bonchev–Trinajstić information content (AvgIpc) is 3.20. The van der Waals surface area contributed by atoms with Gasteiger partial charge in [0.15, 0.2) is 0 Å². The van der Waals surface area contributed by atoms with Crippen LogP contribution in [0.4, 0.5) is 9.59 Å². The summed E-state index contributed by atoms with van der Waals surface area (Å²) >= 11 is 0. The molecule has 0 bridgehead atoms. The van der Waals surface area contributed by atoms with Gasteiger partial charge >= 0.3 is 12.2 Å². The Morgan fingerprint density at radius 1 is 1.22 bits per heavy atom. The van der Waals surface area contributed by atoms with Crippen LogP contribution in [0.15, 0.2) is 43.0 Å². The van der Waals surface area contributed by atoms with Gasteiger partial charge in [-0.25, -0.2) is 14.5 Å². The van der Waals surface area contributed by atoms with E-state index in [1.54, 1.807) is 17.9 Å². The normalized spacial score (nSPS) is 23.9. The molecule has 0 N–H and O–H groups in total. The number of carbonyl (C=O) groups is 3. The Labute approximate surface area is 158 Å². The summed E-state index contributed by atoms with van der Waals surface area (Å²) in [4.78, 5) is 40.4. The molecule has 0 radical (unpaired) electrons. The summed E-state index contributed by atoms with van der Waals surface area (Å²) < 4.78 is 10.5. The van der Waals surface area contributed by atoms with Gasteiger partial charge in [0.05, 0.1) is 24.6 Å². The summed E-state index contributed by atoms with van der Waals surface area (Å²) in [7, 11) is 0. The summed E-state index contributed by atoms with van der Waals surface area (Å²) in [6.45, 7) is 6.18. The molecule has 0 aromatic heterocycles. The van der Waals surface area contributed by atoms with Crippen molar-refractivity contribution in [2.45, 2.75) is 38.5 Å². The first kappa shape index (κ1) is 18.9. The summed E-state index contributed by atoms with van der Waals surface area (Å²) in [5, 5.41) is 0. The highest BCUT2D eigenvalue weighted by atomic mass is 16.6. The summed E-state index contributed by atoms with van der Waals surface area (Å²) in [5.74, 6) is -0.826. The Kier molecular flexibility index (Phi) is 5.78. The Morgan fingerprint density at radius 3 is 2.63 bits per heavy atom. The number of benzene rings is 1. The van der Waals surface area contributed by atoms with Gasteiger partial charge in [0.2, 0.25) is 5.91 Å². The van der Waals surface area contributed by atoms with Crippen LogP contribution in [0.2, 0.25) is 0 Å². The number of allylic oxidation sites excluding steroid dienone is 1. The van der Waals surface area contributed by atoms with Crippen LogP contribution in [0, 0.1) is 5.92 Å². The third-order valence-corrected chi connectivity index (χ3v) is 5.04. The van der Waals surface area contributed by atoms with Gasteiger partial charge in [-0.2, -0.15) is 0 Å². The molecule has 2 fully saturated rings. The van der Waals surface area contributed by atoms with Gasteiger partial charge in [-0.15, -0.1) is 6.58 Å². The number of carbonyl (C=O) groups excluding carboxylic acids is 3. The van der Waals surface area contributed by atoms with Crippen molar-refractivity contribution >= 4 is 18.1 Å². The summed E-state index contributed by atoms with van der Waals surface area (Å²) in [5.41, 5.74) is 0.889. The number of ether oxygens (including phenoxy) is 2. The standard InChI is InChI=1S/C20H24N2O5/c1-3-8-15-17-16(22(18(15)23)20(25)26-4-2)11-12-21(17)19(24)27-13-14-9-6-5-7-10-14/h3,5-7,9-10,15-17H,1,4,8,11-13H2,2H3/t15-,16+,17-/m1/s1. The van der Waals surface area contributed by atoms with Crippen molar-refractivity contribution in [1.82, 2.24) is 9.80 Å². The number of hydrogen-bond acceptors (Lipinski definition) is 5. The number of hydrogen-bond donors (Lipinski definition) is 0. The molecule has 2 heterocycles. The van der Waals surface area contributed by atoms with Crippen molar-refractivity contribution in [3.05, 3.63) is 48.6 Å². The second-order valence-electron chi connectivity index (χ2n) is 6.62. The first-order valence-corrected chi connectivity index (χ1v) is 9.16. The predicted octanol–water partition coefficient (Wildman–Crippen LogP) is 2.96. The maximum absolute atomic E-state index is 12.8. The molecular formula is C20H24N2O5. The lowest BCUT2D eigenvalue weighted by atomic mass is 9.96. The minimum Gasteiger partial charge on any atom is -0.449 e. The second kappa shape index (κ2) is 8.24. The molecule has 0 unspecified atom stereocenters. The fourth-order valence-electron chi connectivity index (χ4n) is 3.91. The summed E-state index contributed by atoms with van der Waals surface area (Å²) in [6, 6.07) is 8.60. The second-order valence-corrected chi connectivity index (χ2v) is 6.62. The van der Waals surface area contributed by atoms with Gasteiger partial charge in [0.1, 0.15) is 6.61 Å². The number of fused-ring (bicyclic) bond motifs is 1. The quantitative estimate of drug-likeness (QED) is 0.743. The Bertz CT molecular complexity index is 720. The largest absolute Gasteiger partial charge is 0.449 e. The topological polar surface area (TPSA) is 76.2 Å². The lowest BCUT2D eigenvalue weighted by molar-refractivity contribution is -0.130. The molecule has 3 rings (SSSR count). The van der Waals surface area contributed by atoms with Gasteiger partial charge in [-0.3, -0.25) is 4.79 Å². The maximum Gasteiger partial charge on any atom is 0.416 e. The molecule has 2 aliphatic rings. The molecular weight excluding hydrogens is 348 g/mol. The minimum atomic E-state index is -0.649. The number of nitrogens with zero attached hydrogens (tertiary/aromatic N) is 2. The van der Waals surface area contributed by atoms with Crippen molar-refractivity contribution in [2.24, 2.45) is 5.92 Å². The molecule has 0 aliphatic carbocycles. The van der Waals surface area contributed by atoms with E-state index in [0.717, 1.165) is 5.56 Å². The molecule has 0 spiro atoms. The van der Waals surface area contributed by atoms with Gasteiger partial charge in [-0.1, -0.05) is 36.4 Å². The van der Waals surface area contributed by atoms with Gasteiger partial charge < -0.3 is 14.4 Å². The van der Waals surface area contributed by atoms with Crippen molar-refractivity contribution in [3.8, 4) is 0 Å². The average molecular weight is 372 g/mol. The van der Waals surface area contributed by atoms with Crippen LogP contribution in [-0.2, 0) is 20.9 Å². The van der Waals surface area contributed by atoms with E-state index in [1.807, 2.05) is 30.3 Å². The number of likely N-dealkylation sites (tertiary alicyclic amines) is 2. The highest BCUT2D eigenvalue weighted by Crippen LogP contribution is 2.39. The molecule has 2 aliphatic heterocycles. The third kappa shape index (κ3) is 3.67. The van der Waals surface area contributed by atoms with Crippen molar-refractivity contribution in [1.29, 1.82) is 0 Å².